The summed E-state index contributed by atoms with van der Waals surface area (Å²) < 4.78 is 0. The maximum absolute atomic E-state index is 11.7. The summed E-state index contributed by atoms with van der Waals surface area (Å²) in [7, 11) is 0. The van der Waals surface area contributed by atoms with Crippen molar-refractivity contribution in [2.75, 3.05) is 13.1 Å². The molecule has 22 heavy (non-hydrogen) atoms. The van der Waals surface area contributed by atoms with Crippen LogP contribution in [0.3, 0.4) is 0 Å². The summed E-state index contributed by atoms with van der Waals surface area (Å²) in [6.45, 7) is 1.99. The molecule has 0 saturated carbocycles. The highest BCUT2D eigenvalue weighted by atomic mass is 35.5. The van der Waals surface area contributed by atoms with Crippen molar-refractivity contribution >= 4 is 17.5 Å². The molecule has 2 aromatic rings. The van der Waals surface area contributed by atoms with Gasteiger partial charge in [0.25, 0.3) is 0 Å². The number of rotatable bonds is 8. The van der Waals surface area contributed by atoms with Crippen LogP contribution in [0.4, 0.5) is 0 Å². The molecule has 0 unspecified atom stereocenters. The molecule has 1 aromatic heterocycles. The predicted molar refractivity (Wildman–Crippen MR) is 88.7 cm³/mol. The quantitative estimate of drug-likeness (QED) is 0.736. The standard InChI is InChI=1S/C17H20ClN3O/c18-15-6-4-14(5-7-15)8-11-19-12-9-17(22)21-13-16-3-1-2-10-20-16/h1-7,10,19H,8-9,11-13H2,(H,21,22). The van der Waals surface area contributed by atoms with Gasteiger partial charge in [-0.2, -0.15) is 0 Å². The van der Waals surface area contributed by atoms with Gasteiger partial charge in [0.2, 0.25) is 5.91 Å². The first-order valence-electron chi connectivity index (χ1n) is 7.36. The first-order chi connectivity index (χ1) is 10.7. The van der Waals surface area contributed by atoms with Crippen molar-refractivity contribution in [1.29, 1.82) is 0 Å². The number of benzene rings is 1. The van der Waals surface area contributed by atoms with E-state index in [0.29, 0.717) is 19.5 Å². The highest BCUT2D eigenvalue weighted by molar-refractivity contribution is 6.30. The number of carbonyl (C=O) groups is 1. The summed E-state index contributed by atoms with van der Waals surface area (Å²) in [4.78, 5) is 15.9. The van der Waals surface area contributed by atoms with Crippen molar-refractivity contribution in [3.63, 3.8) is 0 Å². The minimum atomic E-state index is 0.0321. The van der Waals surface area contributed by atoms with Crippen LogP contribution < -0.4 is 10.6 Å². The fourth-order valence-corrected chi connectivity index (χ4v) is 2.12. The van der Waals surface area contributed by atoms with Gasteiger partial charge in [-0.3, -0.25) is 9.78 Å². The van der Waals surface area contributed by atoms with Gasteiger partial charge in [-0.25, -0.2) is 0 Å². The van der Waals surface area contributed by atoms with E-state index in [2.05, 4.69) is 15.6 Å². The number of hydrogen-bond acceptors (Lipinski definition) is 3. The Hall–Kier alpha value is -1.91. The third-order valence-corrected chi connectivity index (χ3v) is 3.48. The van der Waals surface area contributed by atoms with Crippen LogP contribution in [-0.4, -0.2) is 24.0 Å². The van der Waals surface area contributed by atoms with E-state index in [1.807, 2.05) is 42.5 Å². The number of halogens is 1. The van der Waals surface area contributed by atoms with E-state index in [9.17, 15) is 4.79 Å². The topological polar surface area (TPSA) is 54.0 Å². The molecule has 2 N–H and O–H groups in total. The number of carbonyl (C=O) groups excluding carboxylic acids is 1. The summed E-state index contributed by atoms with van der Waals surface area (Å²) in [6.07, 6.45) is 3.11. The van der Waals surface area contributed by atoms with Gasteiger partial charge < -0.3 is 10.6 Å². The SMILES string of the molecule is O=C(CCNCCc1ccc(Cl)cc1)NCc1ccccn1. The second kappa shape index (κ2) is 9.18. The lowest BCUT2D eigenvalue weighted by Gasteiger charge is -2.06. The summed E-state index contributed by atoms with van der Waals surface area (Å²) in [5.41, 5.74) is 2.10. The third-order valence-electron chi connectivity index (χ3n) is 3.23. The van der Waals surface area contributed by atoms with Gasteiger partial charge in [0.1, 0.15) is 0 Å². The minimum absolute atomic E-state index is 0.0321. The first kappa shape index (κ1) is 16.5. The van der Waals surface area contributed by atoms with Gasteiger partial charge in [0.05, 0.1) is 12.2 Å². The van der Waals surface area contributed by atoms with Gasteiger partial charge in [-0.05, 0) is 42.8 Å². The molecule has 1 aromatic carbocycles. The van der Waals surface area contributed by atoms with Crippen molar-refractivity contribution in [3.8, 4) is 0 Å². The molecule has 0 radical (unpaired) electrons. The van der Waals surface area contributed by atoms with Crippen molar-refractivity contribution in [2.45, 2.75) is 19.4 Å². The van der Waals surface area contributed by atoms with E-state index in [1.165, 1.54) is 5.56 Å². The lowest BCUT2D eigenvalue weighted by molar-refractivity contribution is -0.121. The maximum Gasteiger partial charge on any atom is 0.221 e. The Morgan fingerprint density at radius 1 is 1.09 bits per heavy atom. The molecule has 0 aliphatic carbocycles. The molecule has 0 aliphatic rings. The second-order valence-electron chi connectivity index (χ2n) is 4.97. The van der Waals surface area contributed by atoms with Gasteiger partial charge in [0.15, 0.2) is 0 Å². The molecule has 0 bridgehead atoms. The average Bonchev–Trinajstić information content (AvgIpc) is 2.55. The van der Waals surface area contributed by atoms with Gasteiger partial charge >= 0.3 is 0 Å². The Balaban J connectivity index is 1.54. The molecule has 1 heterocycles. The molecule has 0 spiro atoms. The van der Waals surface area contributed by atoms with Crippen molar-refractivity contribution in [1.82, 2.24) is 15.6 Å². The number of nitrogens with zero attached hydrogens (tertiary/aromatic N) is 1. The fraction of sp³-hybridized carbons (Fsp3) is 0.294. The van der Waals surface area contributed by atoms with E-state index in [1.54, 1.807) is 6.20 Å². The Morgan fingerprint density at radius 3 is 2.64 bits per heavy atom. The van der Waals surface area contributed by atoms with Crippen molar-refractivity contribution < 1.29 is 4.79 Å². The lowest BCUT2D eigenvalue weighted by atomic mass is 10.1. The Morgan fingerprint density at radius 2 is 1.91 bits per heavy atom. The highest BCUT2D eigenvalue weighted by Crippen LogP contribution is 2.09. The van der Waals surface area contributed by atoms with Crippen LogP contribution in [0, 0.1) is 0 Å². The summed E-state index contributed by atoms with van der Waals surface area (Å²) >= 11 is 5.84. The number of nitrogens with one attached hydrogen (secondary N) is 2. The molecular formula is C17H20ClN3O. The Kier molecular flexibility index (Phi) is 6.87. The van der Waals surface area contributed by atoms with E-state index in [0.717, 1.165) is 23.7 Å². The number of aromatic nitrogens is 1. The molecular weight excluding hydrogens is 298 g/mol. The molecule has 0 atom stereocenters. The van der Waals surface area contributed by atoms with Gasteiger partial charge in [-0.1, -0.05) is 29.8 Å². The molecule has 4 nitrogen and oxygen atoms in total. The Bertz CT molecular complexity index is 572. The van der Waals surface area contributed by atoms with E-state index in [4.69, 9.17) is 11.6 Å². The number of amides is 1. The van der Waals surface area contributed by atoms with Crippen LogP contribution in [0.1, 0.15) is 17.7 Å². The minimum Gasteiger partial charge on any atom is -0.350 e. The molecule has 2 rings (SSSR count). The van der Waals surface area contributed by atoms with Gasteiger partial charge in [0, 0.05) is 24.2 Å². The largest absolute Gasteiger partial charge is 0.350 e. The monoisotopic (exact) mass is 317 g/mol. The highest BCUT2D eigenvalue weighted by Gasteiger charge is 2.01. The average molecular weight is 318 g/mol. The molecule has 5 heteroatoms. The van der Waals surface area contributed by atoms with Crippen LogP contribution in [0.2, 0.25) is 5.02 Å². The number of hydrogen-bond donors (Lipinski definition) is 2. The second-order valence-corrected chi connectivity index (χ2v) is 5.41. The van der Waals surface area contributed by atoms with Crippen LogP contribution in [0.5, 0.6) is 0 Å². The van der Waals surface area contributed by atoms with E-state index < -0.39 is 0 Å². The van der Waals surface area contributed by atoms with E-state index in [-0.39, 0.29) is 5.91 Å². The maximum atomic E-state index is 11.7. The third kappa shape index (κ3) is 6.24. The molecule has 1 amide bonds. The number of pyridine rings is 1. The molecule has 116 valence electrons. The summed E-state index contributed by atoms with van der Waals surface area (Å²) in [5.74, 6) is 0.0321. The van der Waals surface area contributed by atoms with Crippen LogP contribution in [0.25, 0.3) is 0 Å². The van der Waals surface area contributed by atoms with Crippen molar-refractivity contribution in [2.24, 2.45) is 0 Å². The van der Waals surface area contributed by atoms with Gasteiger partial charge in [-0.15, -0.1) is 0 Å². The summed E-state index contributed by atoms with van der Waals surface area (Å²) in [5, 5.41) is 6.88. The predicted octanol–water partition coefficient (Wildman–Crippen LogP) is 2.57. The molecule has 0 fully saturated rings. The van der Waals surface area contributed by atoms with Crippen LogP contribution >= 0.6 is 11.6 Å². The van der Waals surface area contributed by atoms with Crippen molar-refractivity contribution in [3.05, 3.63) is 64.9 Å². The van der Waals surface area contributed by atoms with Crippen LogP contribution in [0.15, 0.2) is 48.7 Å². The first-order valence-corrected chi connectivity index (χ1v) is 7.73. The summed E-state index contributed by atoms with van der Waals surface area (Å²) in [6, 6.07) is 13.5. The van der Waals surface area contributed by atoms with Crippen LogP contribution in [-0.2, 0) is 17.8 Å². The smallest absolute Gasteiger partial charge is 0.221 e. The fourth-order valence-electron chi connectivity index (χ4n) is 1.99. The zero-order valence-corrected chi connectivity index (χ0v) is 13.1. The zero-order valence-electron chi connectivity index (χ0n) is 12.4. The van der Waals surface area contributed by atoms with E-state index >= 15 is 0 Å². The Labute approximate surface area is 135 Å². The molecule has 0 aliphatic heterocycles. The zero-order chi connectivity index (χ0) is 15.6. The normalized spacial score (nSPS) is 10.4. The molecule has 0 saturated heterocycles. The lowest BCUT2D eigenvalue weighted by Crippen LogP contribution is -2.28.